The average Bonchev–Trinajstić information content (AvgIpc) is 2.40. The fourth-order valence-electron chi connectivity index (χ4n) is 2.91. The highest BCUT2D eigenvalue weighted by Crippen LogP contribution is 2.39. The highest BCUT2D eigenvalue weighted by molar-refractivity contribution is 5.49. The Balaban J connectivity index is 2.42. The first-order valence-electron chi connectivity index (χ1n) is 7.01. The van der Waals surface area contributed by atoms with Crippen LogP contribution in [0, 0.1) is 5.92 Å². The molecule has 1 aliphatic heterocycles. The summed E-state index contributed by atoms with van der Waals surface area (Å²) >= 11 is 0. The lowest BCUT2D eigenvalue weighted by atomic mass is 9.87. The van der Waals surface area contributed by atoms with E-state index >= 15 is 0 Å². The standard InChI is InChI=1S/C16H25NO2/c1-11(2)8-14-13-10-16(19-5)15(18-4)9-12(13)6-7-17(14)3/h9-11,14H,6-8H2,1-5H3/t14-/m1/s1. The van der Waals surface area contributed by atoms with Crippen LogP contribution in [0.5, 0.6) is 11.5 Å². The fourth-order valence-corrected chi connectivity index (χ4v) is 2.91. The molecule has 1 aromatic rings. The van der Waals surface area contributed by atoms with Gasteiger partial charge >= 0.3 is 0 Å². The molecule has 0 saturated carbocycles. The second kappa shape index (κ2) is 5.83. The van der Waals surface area contributed by atoms with E-state index in [0.29, 0.717) is 12.0 Å². The Kier molecular flexibility index (Phi) is 4.35. The van der Waals surface area contributed by atoms with Crippen molar-refractivity contribution in [1.82, 2.24) is 4.90 Å². The van der Waals surface area contributed by atoms with Crippen molar-refractivity contribution in [1.29, 1.82) is 0 Å². The van der Waals surface area contributed by atoms with Crippen LogP contribution in [0.15, 0.2) is 12.1 Å². The van der Waals surface area contributed by atoms with Gasteiger partial charge in [0.15, 0.2) is 11.5 Å². The quantitative estimate of drug-likeness (QED) is 0.832. The van der Waals surface area contributed by atoms with Gasteiger partial charge in [-0.1, -0.05) is 13.8 Å². The Bertz CT molecular complexity index is 443. The summed E-state index contributed by atoms with van der Waals surface area (Å²) in [5.41, 5.74) is 2.81. The Labute approximate surface area is 116 Å². The summed E-state index contributed by atoms with van der Waals surface area (Å²) in [6.45, 7) is 5.67. The number of likely N-dealkylation sites (N-methyl/N-ethyl adjacent to an activating group) is 1. The van der Waals surface area contributed by atoms with Crippen LogP contribution in [-0.4, -0.2) is 32.7 Å². The zero-order valence-electron chi connectivity index (χ0n) is 12.7. The van der Waals surface area contributed by atoms with Gasteiger partial charge in [0.2, 0.25) is 0 Å². The maximum absolute atomic E-state index is 5.45. The number of fused-ring (bicyclic) bond motifs is 1. The van der Waals surface area contributed by atoms with Crippen molar-refractivity contribution in [2.24, 2.45) is 5.92 Å². The maximum atomic E-state index is 5.45. The van der Waals surface area contributed by atoms with Crippen LogP contribution in [0.2, 0.25) is 0 Å². The van der Waals surface area contributed by atoms with Gasteiger partial charge in [-0.2, -0.15) is 0 Å². The molecule has 0 fully saturated rings. The van der Waals surface area contributed by atoms with Gasteiger partial charge in [0.05, 0.1) is 14.2 Å². The van der Waals surface area contributed by atoms with E-state index in [1.807, 2.05) is 0 Å². The molecular formula is C16H25NO2. The summed E-state index contributed by atoms with van der Waals surface area (Å²) in [5.74, 6) is 2.37. The summed E-state index contributed by atoms with van der Waals surface area (Å²) in [5, 5.41) is 0. The topological polar surface area (TPSA) is 21.7 Å². The van der Waals surface area contributed by atoms with Crippen LogP contribution in [0.4, 0.5) is 0 Å². The maximum Gasteiger partial charge on any atom is 0.161 e. The molecule has 1 heterocycles. The summed E-state index contributed by atoms with van der Waals surface area (Å²) in [6.07, 6.45) is 2.26. The molecule has 0 unspecified atom stereocenters. The van der Waals surface area contributed by atoms with Crippen molar-refractivity contribution in [3.05, 3.63) is 23.3 Å². The molecule has 3 nitrogen and oxygen atoms in total. The first-order chi connectivity index (χ1) is 9.06. The summed E-state index contributed by atoms with van der Waals surface area (Å²) in [6, 6.07) is 4.80. The first-order valence-corrected chi connectivity index (χ1v) is 7.01. The van der Waals surface area contributed by atoms with Gasteiger partial charge in [-0.15, -0.1) is 0 Å². The average molecular weight is 263 g/mol. The van der Waals surface area contributed by atoms with Crippen molar-refractivity contribution in [2.45, 2.75) is 32.7 Å². The van der Waals surface area contributed by atoms with Crippen LogP contribution in [0.1, 0.15) is 37.4 Å². The van der Waals surface area contributed by atoms with E-state index in [4.69, 9.17) is 9.47 Å². The predicted octanol–water partition coefficient (Wildman–Crippen LogP) is 3.28. The lowest BCUT2D eigenvalue weighted by Crippen LogP contribution is -2.33. The number of methoxy groups -OCH3 is 2. The molecule has 0 saturated heterocycles. The molecule has 2 rings (SSSR count). The van der Waals surface area contributed by atoms with Gasteiger partial charge in [0.1, 0.15) is 0 Å². The Morgan fingerprint density at radius 3 is 2.42 bits per heavy atom. The van der Waals surface area contributed by atoms with Gasteiger partial charge in [-0.3, -0.25) is 4.90 Å². The molecule has 106 valence electrons. The molecule has 1 aromatic carbocycles. The third kappa shape index (κ3) is 2.86. The molecule has 0 spiro atoms. The van der Waals surface area contributed by atoms with Crippen LogP contribution in [0.3, 0.4) is 0 Å². The van der Waals surface area contributed by atoms with Crippen molar-refractivity contribution < 1.29 is 9.47 Å². The monoisotopic (exact) mass is 263 g/mol. The molecule has 3 heteroatoms. The zero-order chi connectivity index (χ0) is 14.0. The Morgan fingerprint density at radius 2 is 1.84 bits per heavy atom. The number of rotatable bonds is 4. The molecule has 0 N–H and O–H groups in total. The Morgan fingerprint density at radius 1 is 1.21 bits per heavy atom. The van der Waals surface area contributed by atoms with E-state index in [0.717, 1.165) is 24.5 Å². The highest BCUT2D eigenvalue weighted by atomic mass is 16.5. The third-order valence-electron chi connectivity index (χ3n) is 3.96. The third-order valence-corrected chi connectivity index (χ3v) is 3.96. The second-order valence-corrected chi connectivity index (χ2v) is 5.78. The van der Waals surface area contributed by atoms with E-state index in [9.17, 15) is 0 Å². The van der Waals surface area contributed by atoms with E-state index in [1.54, 1.807) is 14.2 Å². The van der Waals surface area contributed by atoms with Gasteiger partial charge in [0, 0.05) is 12.6 Å². The normalized spacial score (nSPS) is 19.4. The molecule has 0 amide bonds. The van der Waals surface area contributed by atoms with Gasteiger partial charge in [-0.05, 0) is 49.1 Å². The van der Waals surface area contributed by atoms with Gasteiger partial charge in [-0.25, -0.2) is 0 Å². The molecule has 0 aliphatic carbocycles. The molecule has 19 heavy (non-hydrogen) atoms. The number of hydrogen-bond donors (Lipinski definition) is 0. The summed E-state index contributed by atoms with van der Waals surface area (Å²) < 4.78 is 10.9. The minimum atomic E-state index is 0.489. The van der Waals surface area contributed by atoms with Crippen LogP contribution in [0.25, 0.3) is 0 Å². The van der Waals surface area contributed by atoms with E-state index in [2.05, 4.69) is 37.9 Å². The molecule has 1 atom stereocenters. The fraction of sp³-hybridized carbons (Fsp3) is 0.625. The number of nitrogens with zero attached hydrogens (tertiary/aromatic N) is 1. The SMILES string of the molecule is COc1cc2c(cc1OC)[C@@H](CC(C)C)N(C)CC2. The molecule has 1 aliphatic rings. The lowest BCUT2D eigenvalue weighted by Gasteiger charge is -2.36. The molecular weight excluding hydrogens is 238 g/mol. The summed E-state index contributed by atoms with van der Waals surface area (Å²) in [4.78, 5) is 2.45. The van der Waals surface area contributed by atoms with Crippen molar-refractivity contribution in [2.75, 3.05) is 27.8 Å². The minimum absolute atomic E-state index is 0.489. The van der Waals surface area contributed by atoms with Crippen molar-refractivity contribution in [3.8, 4) is 11.5 Å². The number of hydrogen-bond acceptors (Lipinski definition) is 3. The van der Waals surface area contributed by atoms with Crippen LogP contribution >= 0.6 is 0 Å². The van der Waals surface area contributed by atoms with Crippen molar-refractivity contribution in [3.63, 3.8) is 0 Å². The van der Waals surface area contributed by atoms with Crippen molar-refractivity contribution >= 4 is 0 Å². The van der Waals surface area contributed by atoms with E-state index < -0.39 is 0 Å². The minimum Gasteiger partial charge on any atom is -0.493 e. The predicted molar refractivity (Wildman–Crippen MR) is 78.1 cm³/mol. The van der Waals surface area contributed by atoms with Gasteiger partial charge in [0.25, 0.3) is 0 Å². The molecule has 0 bridgehead atoms. The van der Waals surface area contributed by atoms with Gasteiger partial charge < -0.3 is 9.47 Å². The second-order valence-electron chi connectivity index (χ2n) is 5.78. The first kappa shape index (κ1) is 14.2. The summed E-state index contributed by atoms with van der Waals surface area (Å²) in [7, 11) is 5.62. The van der Waals surface area contributed by atoms with Crippen LogP contribution in [-0.2, 0) is 6.42 Å². The molecule has 0 aromatic heterocycles. The highest BCUT2D eigenvalue weighted by Gasteiger charge is 2.27. The number of ether oxygens (including phenoxy) is 2. The molecule has 0 radical (unpaired) electrons. The largest absolute Gasteiger partial charge is 0.493 e. The van der Waals surface area contributed by atoms with E-state index in [-0.39, 0.29) is 0 Å². The lowest BCUT2D eigenvalue weighted by molar-refractivity contribution is 0.201. The Hall–Kier alpha value is -1.22. The van der Waals surface area contributed by atoms with E-state index in [1.165, 1.54) is 17.5 Å². The number of benzene rings is 1. The van der Waals surface area contributed by atoms with Crippen LogP contribution < -0.4 is 9.47 Å². The smallest absolute Gasteiger partial charge is 0.161 e. The zero-order valence-corrected chi connectivity index (χ0v) is 12.7.